The van der Waals surface area contributed by atoms with Crippen molar-refractivity contribution < 1.29 is 4.79 Å². The number of benzene rings is 1. The molecule has 0 saturated carbocycles. The Bertz CT molecular complexity index is 469. The lowest BCUT2D eigenvalue weighted by molar-refractivity contribution is -0.127. The van der Waals surface area contributed by atoms with E-state index in [4.69, 9.17) is 0 Å². The first-order chi connectivity index (χ1) is 9.38. The Morgan fingerprint density at radius 1 is 1.20 bits per heavy atom. The van der Waals surface area contributed by atoms with Gasteiger partial charge in [0.2, 0.25) is 5.91 Å². The van der Waals surface area contributed by atoms with Gasteiger partial charge in [-0.3, -0.25) is 10.1 Å². The largest absolute Gasteiger partial charge is 0.309 e. The molecule has 1 fully saturated rings. The SMILES string of the molecule is CCCCC1(C)NC(C)(C)CN(c2ccccc2)C1=O. The molecular formula is C17H26N2O. The topological polar surface area (TPSA) is 32.3 Å². The molecule has 2 rings (SSSR count). The summed E-state index contributed by atoms with van der Waals surface area (Å²) in [4.78, 5) is 14.8. The number of para-hydroxylation sites is 1. The summed E-state index contributed by atoms with van der Waals surface area (Å²) in [6.45, 7) is 9.25. The van der Waals surface area contributed by atoms with Gasteiger partial charge >= 0.3 is 0 Å². The second kappa shape index (κ2) is 5.57. The van der Waals surface area contributed by atoms with Crippen LogP contribution in [0, 0.1) is 0 Å². The first kappa shape index (κ1) is 15.0. The van der Waals surface area contributed by atoms with Crippen LogP contribution in [0.1, 0.15) is 47.0 Å². The molecule has 1 unspecified atom stereocenters. The number of rotatable bonds is 4. The van der Waals surface area contributed by atoms with E-state index in [-0.39, 0.29) is 11.4 Å². The summed E-state index contributed by atoms with van der Waals surface area (Å²) < 4.78 is 0. The van der Waals surface area contributed by atoms with E-state index >= 15 is 0 Å². The first-order valence-electron chi connectivity index (χ1n) is 7.54. The maximum absolute atomic E-state index is 12.9. The maximum atomic E-state index is 12.9. The van der Waals surface area contributed by atoms with E-state index < -0.39 is 5.54 Å². The van der Waals surface area contributed by atoms with Gasteiger partial charge < -0.3 is 4.90 Å². The highest BCUT2D eigenvalue weighted by Crippen LogP contribution is 2.30. The molecule has 1 heterocycles. The lowest BCUT2D eigenvalue weighted by atomic mass is 9.85. The van der Waals surface area contributed by atoms with Gasteiger partial charge in [0.05, 0.1) is 5.54 Å². The van der Waals surface area contributed by atoms with Gasteiger partial charge in [0, 0.05) is 17.8 Å². The molecule has 0 aliphatic carbocycles. The monoisotopic (exact) mass is 274 g/mol. The zero-order chi connectivity index (χ0) is 14.8. The summed E-state index contributed by atoms with van der Waals surface area (Å²) >= 11 is 0. The van der Waals surface area contributed by atoms with Crippen molar-refractivity contribution in [2.45, 2.75) is 58.0 Å². The van der Waals surface area contributed by atoms with Crippen molar-refractivity contribution in [3.05, 3.63) is 30.3 Å². The number of carbonyl (C=O) groups is 1. The van der Waals surface area contributed by atoms with Gasteiger partial charge in [-0.05, 0) is 39.3 Å². The van der Waals surface area contributed by atoms with Crippen LogP contribution in [0.15, 0.2) is 30.3 Å². The molecule has 1 aromatic rings. The molecule has 1 N–H and O–H groups in total. The quantitative estimate of drug-likeness (QED) is 0.913. The number of nitrogens with one attached hydrogen (secondary N) is 1. The molecule has 20 heavy (non-hydrogen) atoms. The second-order valence-electron chi connectivity index (χ2n) is 6.67. The summed E-state index contributed by atoms with van der Waals surface area (Å²) in [7, 11) is 0. The highest BCUT2D eigenvalue weighted by molar-refractivity contribution is 6.01. The van der Waals surface area contributed by atoms with E-state index in [1.165, 1.54) is 0 Å². The Morgan fingerprint density at radius 3 is 2.45 bits per heavy atom. The van der Waals surface area contributed by atoms with Crippen LogP contribution in [0.25, 0.3) is 0 Å². The minimum absolute atomic E-state index is 0.0771. The Kier molecular flexibility index (Phi) is 4.19. The summed E-state index contributed by atoms with van der Waals surface area (Å²) in [6.07, 6.45) is 3.05. The normalized spacial score (nSPS) is 25.8. The highest BCUT2D eigenvalue weighted by atomic mass is 16.2. The minimum atomic E-state index is -0.465. The van der Waals surface area contributed by atoms with Crippen molar-refractivity contribution in [3.8, 4) is 0 Å². The van der Waals surface area contributed by atoms with E-state index in [9.17, 15) is 4.79 Å². The number of unbranched alkanes of at least 4 members (excludes halogenated alkanes) is 1. The van der Waals surface area contributed by atoms with Crippen LogP contribution in [-0.4, -0.2) is 23.5 Å². The van der Waals surface area contributed by atoms with Gasteiger partial charge in [-0.25, -0.2) is 0 Å². The van der Waals surface area contributed by atoms with Crippen molar-refractivity contribution in [3.63, 3.8) is 0 Å². The molecular weight excluding hydrogens is 248 g/mol. The van der Waals surface area contributed by atoms with Gasteiger partial charge in [0.25, 0.3) is 0 Å². The van der Waals surface area contributed by atoms with Crippen molar-refractivity contribution >= 4 is 11.6 Å². The van der Waals surface area contributed by atoms with Crippen LogP contribution in [0.3, 0.4) is 0 Å². The summed E-state index contributed by atoms with van der Waals surface area (Å²) in [5, 5.41) is 3.56. The number of piperazine rings is 1. The zero-order valence-electron chi connectivity index (χ0n) is 13.1. The average Bonchev–Trinajstić information content (AvgIpc) is 2.41. The van der Waals surface area contributed by atoms with E-state index in [1.54, 1.807) is 0 Å². The number of carbonyl (C=O) groups excluding carboxylic acids is 1. The molecule has 1 saturated heterocycles. The van der Waals surface area contributed by atoms with E-state index in [0.29, 0.717) is 6.54 Å². The molecule has 0 radical (unpaired) electrons. The minimum Gasteiger partial charge on any atom is -0.309 e. The van der Waals surface area contributed by atoms with Gasteiger partial charge in [-0.1, -0.05) is 38.0 Å². The van der Waals surface area contributed by atoms with Crippen molar-refractivity contribution in [2.24, 2.45) is 0 Å². The first-order valence-corrected chi connectivity index (χ1v) is 7.54. The summed E-state index contributed by atoms with van der Waals surface area (Å²) in [5.41, 5.74) is 0.453. The van der Waals surface area contributed by atoms with E-state index in [0.717, 1.165) is 24.9 Å². The molecule has 0 spiro atoms. The van der Waals surface area contributed by atoms with Crippen LogP contribution in [0.4, 0.5) is 5.69 Å². The van der Waals surface area contributed by atoms with Crippen LogP contribution >= 0.6 is 0 Å². The molecule has 1 aliphatic heterocycles. The number of amides is 1. The molecule has 3 nitrogen and oxygen atoms in total. The standard InChI is InChI=1S/C17H26N2O/c1-5-6-12-17(4)15(20)19(13-16(2,3)18-17)14-10-8-7-9-11-14/h7-11,18H,5-6,12-13H2,1-4H3. The zero-order valence-corrected chi connectivity index (χ0v) is 13.1. The van der Waals surface area contributed by atoms with Crippen LogP contribution in [0.2, 0.25) is 0 Å². The smallest absolute Gasteiger partial charge is 0.247 e. The predicted octanol–water partition coefficient (Wildman–Crippen LogP) is 3.35. The Hall–Kier alpha value is -1.35. The second-order valence-corrected chi connectivity index (χ2v) is 6.67. The lowest BCUT2D eigenvalue weighted by Gasteiger charge is -2.48. The Labute approximate surface area is 122 Å². The maximum Gasteiger partial charge on any atom is 0.247 e. The van der Waals surface area contributed by atoms with Crippen LogP contribution in [0.5, 0.6) is 0 Å². The summed E-state index contributed by atoms with van der Waals surface area (Å²) in [6, 6.07) is 9.98. The highest BCUT2D eigenvalue weighted by Gasteiger charge is 2.46. The van der Waals surface area contributed by atoms with Crippen molar-refractivity contribution in [1.82, 2.24) is 5.32 Å². The fraction of sp³-hybridized carbons (Fsp3) is 0.588. The van der Waals surface area contributed by atoms with Gasteiger partial charge in [0.15, 0.2) is 0 Å². The third kappa shape index (κ3) is 3.04. The molecule has 3 heteroatoms. The van der Waals surface area contributed by atoms with Crippen LogP contribution < -0.4 is 10.2 Å². The third-order valence-corrected chi connectivity index (χ3v) is 3.98. The molecule has 1 aliphatic rings. The molecule has 1 atom stereocenters. The molecule has 1 amide bonds. The van der Waals surface area contributed by atoms with Crippen molar-refractivity contribution in [2.75, 3.05) is 11.4 Å². The van der Waals surface area contributed by atoms with Crippen LogP contribution in [-0.2, 0) is 4.79 Å². The lowest BCUT2D eigenvalue weighted by Crippen LogP contribution is -2.71. The number of hydrogen-bond acceptors (Lipinski definition) is 2. The van der Waals surface area contributed by atoms with E-state index in [2.05, 4.69) is 26.1 Å². The number of nitrogens with zero attached hydrogens (tertiary/aromatic N) is 1. The molecule has 0 bridgehead atoms. The average molecular weight is 274 g/mol. The molecule has 110 valence electrons. The molecule has 0 aromatic heterocycles. The summed E-state index contributed by atoms with van der Waals surface area (Å²) in [5.74, 6) is 0.191. The fourth-order valence-corrected chi connectivity index (χ4v) is 3.12. The number of hydrogen-bond donors (Lipinski definition) is 1. The van der Waals surface area contributed by atoms with Gasteiger partial charge in [-0.15, -0.1) is 0 Å². The van der Waals surface area contributed by atoms with Gasteiger partial charge in [0.1, 0.15) is 0 Å². The van der Waals surface area contributed by atoms with Crippen molar-refractivity contribution in [1.29, 1.82) is 0 Å². The molecule has 1 aromatic carbocycles. The third-order valence-electron chi connectivity index (χ3n) is 3.98. The Morgan fingerprint density at radius 2 is 1.85 bits per heavy atom. The van der Waals surface area contributed by atoms with E-state index in [1.807, 2.05) is 42.2 Å². The number of anilines is 1. The van der Waals surface area contributed by atoms with Gasteiger partial charge in [-0.2, -0.15) is 0 Å². The predicted molar refractivity (Wildman–Crippen MR) is 83.9 cm³/mol. The fourth-order valence-electron chi connectivity index (χ4n) is 3.12. The Balaban J connectivity index is 2.31.